The predicted octanol–water partition coefficient (Wildman–Crippen LogP) is 2.90. The number of nitrogens with one attached hydrogen (secondary N) is 1. The summed E-state index contributed by atoms with van der Waals surface area (Å²) in [5.74, 6) is 0. The van der Waals surface area contributed by atoms with Crippen molar-refractivity contribution in [3.05, 3.63) is 24.0 Å². The van der Waals surface area contributed by atoms with E-state index in [1.165, 1.54) is 5.56 Å². The first kappa shape index (κ1) is 13.0. The summed E-state index contributed by atoms with van der Waals surface area (Å²) in [6.07, 6.45) is 4.92. The smallest absolute Gasteiger partial charge is 0.157 e. The monoisotopic (exact) mass is 246 g/mol. The molecule has 0 saturated heterocycles. The minimum Gasteiger partial charge on any atom is -0.310 e. The van der Waals surface area contributed by atoms with Crippen molar-refractivity contribution in [2.75, 3.05) is 0 Å². The van der Waals surface area contributed by atoms with E-state index in [4.69, 9.17) is 0 Å². The lowest BCUT2D eigenvalue weighted by molar-refractivity contribution is 0.489. The fraction of sp³-hybridized carbons (Fsp3) is 0.571. The molecule has 4 heteroatoms. The maximum Gasteiger partial charge on any atom is 0.157 e. The van der Waals surface area contributed by atoms with E-state index >= 15 is 0 Å². The molecule has 0 aliphatic heterocycles. The summed E-state index contributed by atoms with van der Waals surface area (Å²) in [7, 11) is 0. The summed E-state index contributed by atoms with van der Waals surface area (Å²) in [5, 5.41) is 8.96. The fourth-order valence-corrected chi connectivity index (χ4v) is 1.90. The SMILES string of the molecule is CCC(C)n1ncc2cc(CNC(C)C)cnc21. The highest BCUT2D eigenvalue weighted by Gasteiger charge is 2.09. The van der Waals surface area contributed by atoms with Crippen molar-refractivity contribution in [3.8, 4) is 0 Å². The molecule has 0 spiro atoms. The van der Waals surface area contributed by atoms with Crippen molar-refractivity contribution in [2.24, 2.45) is 0 Å². The molecule has 0 fully saturated rings. The highest BCUT2D eigenvalue weighted by molar-refractivity contribution is 5.75. The predicted molar refractivity (Wildman–Crippen MR) is 74.5 cm³/mol. The zero-order chi connectivity index (χ0) is 13.1. The molecule has 2 aromatic heterocycles. The lowest BCUT2D eigenvalue weighted by Crippen LogP contribution is -2.21. The standard InChI is InChI=1S/C14H22N4/c1-5-11(4)18-14-13(9-17-18)6-12(8-16-14)7-15-10(2)3/h6,8-11,15H,5,7H2,1-4H3. The Hall–Kier alpha value is -1.42. The maximum atomic E-state index is 4.55. The van der Waals surface area contributed by atoms with Crippen LogP contribution in [0.2, 0.25) is 0 Å². The molecule has 1 unspecified atom stereocenters. The highest BCUT2D eigenvalue weighted by atomic mass is 15.3. The van der Waals surface area contributed by atoms with Gasteiger partial charge in [0, 0.05) is 24.2 Å². The van der Waals surface area contributed by atoms with Gasteiger partial charge in [-0.15, -0.1) is 0 Å². The van der Waals surface area contributed by atoms with E-state index in [0.29, 0.717) is 12.1 Å². The topological polar surface area (TPSA) is 42.7 Å². The second-order valence-electron chi connectivity index (χ2n) is 5.14. The van der Waals surface area contributed by atoms with Gasteiger partial charge in [0.1, 0.15) is 0 Å². The molecule has 0 amide bonds. The molecule has 0 radical (unpaired) electrons. The van der Waals surface area contributed by atoms with Gasteiger partial charge in [-0.2, -0.15) is 5.10 Å². The zero-order valence-electron chi connectivity index (χ0n) is 11.6. The van der Waals surface area contributed by atoms with E-state index in [1.54, 1.807) is 0 Å². The van der Waals surface area contributed by atoms with Crippen LogP contribution in [0, 0.1) is 0 Å². The normalized spacial score (nSPS) is 13.4. The lowest BCUT2D eigenvalue weighted by Gasteiger charge is -2.10. The molecule has 2 aromatic rings. The molecule has 4 nitrogen and oxygen atoms in total. The van der Waals surface area contributed by atoms with Crippen molar-refractivity contribution in [1.82, 2.24) is 20.1 Å². The van der Waals surface area contributed by atoms with Gasteiger partial charge in [0.05, 0.1) is 12.2 Å². The first-order chi connectivity index (χ1) is 8.61. The van der Waals surface area contributed by atoms with Crippen LogP contribution in [0.5, 0.6) is 0 Å². The van der Waals surface area contributed by atoms with Crippen LogP contribution in [0.4, 0.5) is 0 Å². The van der Waals surface area contributed by atoms with Crippen LogP contribution in [-0.4, -0.2) is 20.8 Å². The van der Waals surface area contributed by atoms with Gasteiger partial charge in [-0.1, -0.05) is 20.8 Å². The molecular weight excluding hydrogens is 224 g/mol. The third-order valence-corrected chi connectivity index (χ3v) is 3.21. The van der Waals surface area contributed by atoms with Crippen LogP contribution in [0.15, 0.2) is 18.5 Å². The Morgan fingerprint density at radius 1 is 1.28 bits per heavy atom. The van der Waals surface area contributed by atoms with Gasteiger partial charge in [0.2, 0.25) is 0 Å². The van der Waals surface area contributed by atoms with Gasteiger partial charge in [-0.3, -0.25) is 0 Å². The molecule has 0 saturated carbocycles. The summed E-state index contributed by atoms with van der Waals surface area (Å²) in [4.78, 5) is 4.55. The number of fused-ring (bicyclic) bond motifs is 1. The van der Waals surface area contributed by atoms with E-state index in [0.717, 1.165) is 24.0 Å². The largest absolute Gasteiger partial charge is 0.310 e. The van der Waals surface area contributed by atoms with E-state index in [-0.39, 0.29) is 0 Å². The van der Waals surface area contributed by atoms with Gasteiger partial charge in [-0.05, 0) is 25.0 Å². The third-order valence-electron chi connectivity index (χ3n) is 3.21. The van der Waals surface area contributed by atoms with Crippen LogP contribution >= 0.6 is 0 Å². The second kappa shape index (κ2) is 5.48. The molecular formula is C14H22N4. The highest BCUT2D eigenvalue weighted by Crippen LogP contribution is 2.18. The zero-order valence-corrected chi connectivity index (χ0v) is 11.6. The molecule has 0 aromatic carbocycles. The minimum absolute atomic E-state index is 0.398. The molecule has 0 bridgehead atoms. The average molecular weight is 246 g/mol. The minimum atomic E-state index is 0.398. The summed E-state index contributed by atoms with van der Waals surface area (Å²) >= 11 is 0. The van der Waals surface area contributed by atoms with Crippen LogP contribution in [-0.2, 0) is 6.54 Å². The molecule has 1 atom stereocenters. The van der Waals surface area contributed by atoms with Gasteiger partial charge in [-0.25, -0.2) is 9.67 Å². The lowest BCUT2D eigenvalue weighted by atomic mass is 10.2. The van der Waals surface area contributed by atoms with Gasteiger partial charge < -0.3 is 5.32 Å². The summed E-state index contributed by atoms with van der Waals surface area (Å²) in [5.41, 5.74) is 2.19. The number of hydrogen-bond donors (Lipinski definition) is 1. The van der Waals surface area contributed by atoms with Crippen molar-refractivity contribution < 1.29 is 0 Å². The van der Waals surface area contributed by atoms with E-state index < -0.39 is 0 Å². The van der Waals surface area contributed by atoms with Gasteiger partial charge >= 0.3 is 0 Å². The van der Waals surface area contributed by atoms with Crippen LogP contribution in [0.1, 0.15) is 45.7 Å². The van der Waals surface area contributed by atoms with Gasteiger partial charge in [0.15, 0.2) is 5.65 Å². The molecule has 0 aliphatic rings. The van der Waals surface area contributed by atoms with Gasteiger partial charge in [0.25, 0.3) is 0 Å². The number of nitrogens with zero attached hydrogens (tertiary/aromatic N) is 3. The van der Waals surface area contributed by atoms with E-state index in [9.17, 15) is 0 Å². The summed E-state index contributed by atoms with van der Waals surface area (Å²) in [6.45, 7) is 9.48. The third kappa shape index (κ3) is 2.70. The molecule has 98 valence electrons. The van der Waals surface area contributed by atoms with Crippen molar-refractivity contribution >= 4 is 11.0 Å². The molecule has 18 heavy (non-hydrogen) atoms. The van der Waals surface area contributed by atoms with Crippen LogP contribution in [0.25, 0.3) is 11.0 Å². The number of hydrogen-bond acceptors (Lipinski definition) is 3. The second-order valence-corrected chi connectivity index (χ2v) is 5.14. The van der Waals surface area contributed by atoms with Crippen molar-refractivity contribution in [1.29, 1.82) is 0 Å². The molecule has 2 heterocycles. The van der Waals surface area contributed by atoms with E-state index in [2.05, 4.69) is 49.2 Å². The Bertz CT molecular complexity index is 515. The Balaban J connectivity index is 2.25. The maximum absolute atomic E-state index is 4.55. The first-order valence-corrected chi connectivity index (χ1v) is 6.67. The Morgan fingerprint density at radius 2 is 2.06 bits per heavy atom. The number of aromatic nitrogens is 3. The fourth-order valence-electron chi connectivity index (χ4n) is 1.90. The Labute approximate surface area is 108 Å². The number of pyridine rings is 1. The molecule has 1 N–H and O–H groups in total. The first-order valence-electron chi connectivity index (χ1n) is 6.67. The van der Waals surface area contributed by atoms with Crippen LogP contribution < -0.4 is 5.32 Å². The van der Waals surface area contributed by atoms with Crippen LogP contribution in [0.3, 0.4) is 0 Å². The summed E-state index contributed by atoms with van der Waals surface area (Å²) in [6, 6.07) is 3.06. The van der Waals surface area contributed by atoms with Crippen molar-refractivity contribution in [3.63, 3.8) is 0 Å². The Kier molecular flexibility index (Phi) is 3.97. The quantitative estimate of drug-likeness (QED) is 0.882. The molecule has 0 aliphatic carbocycles. The molecule has 2 rings (SSSR count). The number of rotatable bonds is 5. The summed E-state index contributed by atoms with van der Waals surface area (Å²) < 4.78 is 2.01. The van der Waals surface area contributed by atoms with E-state index in [1.807, 2.05) is 17.1 Å². The van der Waals surface area contributed by atoms with Crippen molar-refractivity contribution in [2.45, 2.75) is 52.7 Å². The average Bonchev–Trinajstić information content (AvgIpc) is 2.78. The Morgan fingerprint density at radius 3 is 2.72 bits per heavy atom.